The smallest absolute Gasteiger partial charge is 0.104 e. The van der Waals surface area contributed by atoms with E-state index in [2.05, 4.69) is 82.6 Å². The van der Waals surface area contributed by atoms with Crippen LogP contribution >= 0.6 is 0 Å². The SMILES string of the molecule is CCCCCCCC/C=C\CCCCCCCCC(CCCCCCCC/C=C\CCCCCCCC)[N+](C)(C)Cc1ccccc1. The first-order valence-corrected chi connectivity index (χ1v) is 21.3. The Morgan fingerprint density at radius 2 is 0.745 bits per heavy atom. The average molecular weight is 651 g/mol. The molecule has 272 valence electrons. The highest BCUT2D eigenvalue weighted by Gasteiger charge is 2.27. The van der Waals surface area contributed by atoms with E-state index in [4.69, 9.17) is 0 Å². The van der Waals surface area contributed by atoms with E-state index in [-0.39, 0.29) is 0 Å². The van der Waals surface area contributed by atoms with Gasteiger partial charge in [0, 0.05) is 5.56 Å². The Balaban J connectivity index is 2.19. The van der Waals surface area contributed by atoms with Crippen LogP contribution in [0.1, 0.15) is 212 Å². The second-order valence-electron chi connectivity index (χ2n) is 15.5. The zero-order valence-electron chi connectivity index (χ0n) is 32.6. The molecule has 0 saturated heterocycles. The number of allylic oxidation sites excluding steroid dienone is 4. The first-order chi connectivity index (χ1) is 23.1. The summed E-state index contributed by atoms with van der Waals surface area (Å²) in [6.07, 6.45) is 51.6. The Kier molecular flexibility index (Phi) is 30.8. The summed E-state index contributed by atoms with van der Waals surface area (Å²) in [6, 6.07) is 12.0. The van der Waals surface area contributed by atoms with Crippen molar-refractivity contribution in [1.29, 1.82) is 0 Å². The Morgan fingerprint density at radius 3 is 1.11 bits per heavy atom. The van der Waals surface area contributed by atoms with Crippen LogP contribution in [0.15, 0.2) is 54.6 Å². The molecular formula is C46H84N+. The third-order valence-corrected chi connectivity index (χ3v) is 10.5. The number of nitrogens with zero attached hydrogens (tertiary/aromatic N) is 1. The molecule has 0 fully saturated rings. The first kappa shape index (κ1) is 43.7. The van der Waals surface area contributed by atoms with E-state index in [9.17, 15) is 0 Å². The summed E-state index contributed by atoms with van der Waals surface area (Å²) in [4.78, 5) is 0. The minimum Gasteiger partial charge on any atom is -0.322 e. The van der Waals surface area contributed by atoms with E-state index in [1.165, 1.54) is 198 Å². The van der Waals surface area contributed by atoms with Crippen LogP contribution in [0.3, 0.4) is 0 Å². The van der Waals surface area contributed by atoms with Gasteiger partial charge in [-0.2, -0.15) is 0 Å². The van der Waals surface area contributed by atoms with Crippen molar-refractivity contribution in [2.24, 2.45) is 0 Å². The largest absolute Gasteiger partial charge is 0.322 e. The first-order valence-electron chi connectivity index (χ1n) is 21.3. The molecule has 0 N–H and O–H groups in total. The molecule has 1 aromatic carbocycles. The lowest BCUT2D eigenvalue weighted by Crippen LogP contribution is -2.48. The molecule has 0 spiro atoms. The zero-order valence-corrected chi connectivity index (χ0v) is 32.6. The quantitative estimate of drug-likeness (QED) is 0.0389. The maximum Gasteiger partial charge on any atom is 0.104 e. The molecule has 0 saturated carbocycles. The molecular weight excluding hydrogens is 567 g/mol. The van der Waals surface area contributed by atoms with E-state index in [0.29, 0.717) is 0 Å². The third-order valence-electron chi connectivity index (χ3n) is 10.5. The normalized spacial score (nSPS) is 12.4. The van der Waals surface area contributed by atoms with E-state index in [0.717, 1.165) is 17.1 Å². The Hall–Kier alpha value is -1.34. The van der Waals surface area contributed by atoms with Gasteiger partial charge in [0.2, 0.25) is 0 Å². The highest BCUT2D eigenvalue weighted by Crippen LogP contribution is 2.25. The van der Waals surface area contributed by atoms with Crippen molar-refractivity contribution in [3.63, 3.8) is 0 Å². The van der Waals surface area contributed by atoms with Crippen molar-refractivity contribution in [2.45, 2.75) is 219 Å². The number of hydrogen-bond acceptors (Lipinski definition) is 0. The van der Waals surface area contributed by atoms with E-state index >= 15 is 0 Å². The molecule has 0 bridgehead atoms. The molecule has 0 aliphatic rings. The lowest BCUT2D eigenvalue weighted by Gasteiger charge is -2.39. The summed E-state index contributed by atoms with van der Waals surface area (Å²) in [5.74, 6) is 0. The third kappa shape index (κ3) is 28.2. The van der Waals surface area contributed by atoms with Gasteiger partial charge in [0.1, 0.15) is 6.54 Å². The molecule has 1 rings (SSSR count). The monoisotopic (exact) mass is 651 g/mol. The molecule has 1 aromatic rings. The second-order valence-corrected chi connectivity index (χ2v) is 15.5. The van der Waals surface area contributed by atoms with Crippen LogP contribution in [0, 0.1) is 0 Å². The molecule has 0 atom stereocenters. The van der Waals surface area contributed by atoms with Crippen molar-refractivity contribution in [3.05, 3.63) is 60.2 Å². The Morgan fingerprint density at radius 1 is 0.426 bits per heavy atom. The van der Waals surface area contributed by atoms with Crippen molar-refractivity contribution in [2.75, 3.05) is 14.1 Å². The fraction of sp³-hybridized carbons (Fsp3) is 0.783. The minimum atomic E-state index is 0.781. The zero-order chi connectivity index (χ0) is 33.9. The molecule has 1 nitrogen and oxygen atoms in total. The number of quaternary nitrogens is 1. The van der Waals surface area contributed by atoms with Gasteiger partial charge in [-0.05, 0) is 77.0 Å². The van der Waals surface area contributed by atoms with E-state index < -0.39 is 0 Å². The summed E-state index contributed by atoms with van der Waals surface area (Å²) in [6.45, 7) is 5.76. The maximum atomic E-state index is 2.50. The van der Waals surface area contributed by atoms with Crippen LogP contribution in [0.2, 0.25) is 0 Å². The molecule has 0 aromatic heterocycles. The molecule has 0 amide bonds. The number of hydrogen-bond donors (Lipinski definition) is 0. The van der Waals surface area contributed by atoms with Crippen molar-refractivity contribution in [3.8, 4) is 0 Å². The summed E-state index contributed by atoms with van der Waals surface area (Å²) in [5, 5.41) is 0. The van der Waals surface area contributed by atoms with Crippen LogP contribution in [-0.4, -0.2) is 24.6 Å². The number of unbranched alkanes of at least 4 members (excludes halogenated alkanes) is 24. The van der Waals surface area contributed by atoms with E-state index in [1.54, 1.807) is 0 Å². The van der Waals surface area contributed by atoms with Crippen LogP contribution in [-0.2, 0) is 6.54 Å². The predicted molar refractivity (Wildman–Crippen MR) is 214 cm³/mol. The van der Waals surface area contributed by atoms with Crippen LogP contribution in [0.4, 0.5) is 0 Å². The minimum absolute atomic E-state index is 0.781. The standard InChI is InChI=1S/C46H84N/c1-5-7-9-11-13-15-17-19-21-23-25-27-29-31-33-38-42-46(47(3,4)44-45-40-36-35-37-41-45)43-39-34-32-30-28-26-24-22-20-18-16-14-12-10-8-6-2/h19-22,35-37,40-41,46H,5-18,23-34,38-39,42-44H2,1-4H3/q+1/b21-19-,22-20-. The van der Waals surface area contributed by atoms with Gasteiger partial charge in [-0.25, -0.2) is 0 Å². The summed E-state index contributed by atoms with van der Waals surface area (Å²) >= 11 is 0. The van der Waals surface area contributed by atoms with Crippen molar-refractivity contribution < 1.29 is 4.48 Å². The van der Waals surface area contributed by atoms with Crippen LogP contribution < -0.4 is 0 Å². The van der Waals surface area contributed by atoms with Gasteiger partial charge in [-0.15, -0.1) is 0 Å². The molecule has 0 aliphatic carbocycles. The summed E-state index contributed by atoms with van der Waals surface area (Å²) < 4.78 is 1.14. The topological polar surface area (TPSA) is 0 Å². The molecule has 0 heterocycles. The highest BCUT2D eigenvalue weighted by molar-refractivity contribution is 5.13. The summed E-state index contributed by atoms with van der Waals surface area (Å²) in [7, 11) is 5.00. The molecule has 1 heteroatoms. The fourth-order valence-corrected chi connectivity index (χ4v) is 7.28. The van der Waals surface area contributed by atoms with Crippen LogP contribution in [0.5, 0.6) is 0 Å². The molecule has 47 heavy (non-hydrogen) atoms. The highest BCUT2D eigenvalue weighted by atomic mass is 15.3. The molecule has 0 radical (unpaired) electrons. The molecule has 0 unspecified atom stereocenters. The molecule has 0 aliphatic heterocycles. The maximum absolute atomic E-state index is 2.50. The van der Waals surface area contributed by atoms with Crippen molar-refractivity contribution >= 4 is 0 Å². The van der Waals surface area contributed by atoms with E-state index in [1.807, 2.05) is 0 Å². The Labute approximate surface area is 297 Å². The lowest BCUT2D eigenvalue weighted by atomic mass is 9.96. The van der Waals surface area contributed by atoms with Gasteiger partial charge in [0.15, 0.2) is 0 Å². The van der Waals surface area contributed by atoms with Gasteiger partial charge in [-0.3, -0.25) is 0 Å². The fourth-order valence-electron chi connectivity index (χ4n) is 7.28. The lowest BCUT2D eigenvalue weighted by molar-refractivity contribution is -0.928. The predicted octanol–water partition coefficient (Wildman–Crippen LogP) is 15.5. The van der Waals surface area contributed by atoms with Gasteiger partial charge in [0.25, 0.3) is 0 Å². The van der Waals surface area contributed by atoms with Gasteiger partial charge in [-0.1, -0.05) is 184 Å². The Bertz CT molecular complexity index is 764. The van der Waals surface area contributed by atoms with Gasteiger partial charge in [0.05, 0.1) is 20.1 Å². The summed E-state index contributed by atoms with van der Waals surface area (Å²) in [5.41, 5.74) is 1.49. The van der Waals surface area contributed by atoms with Gasteiger partial charge < -0.3 is 4.48 Å². The van der Waals surface area contributed by atoms with Gasteiger partial charge >= 0.3 is 0 Å². The van der Waals surface area contributed by atoms with Crippen molar-refractivity contribution in [1.82, 2.24) is 0 Å². The number of rotatable bonds is 35. The average Bonchev–Trinajstić information content (AvgIpc) is 3.07. The second kappa shape index (κ2) is 33.2. The number of benzene rings is 1. The van der Waals surface area contributed by atoms with Crippen LogP contribution in [0.25, 0.3) is 0 Å².